The zero-order chi connectivity index (χ0) is 19.4. The van der Waals surface area contributed by atoms with E-state index in [1.165, 1.54) is 7.11 Å². The Morgan fingerprint density at radius 2 is 2.00 bits per heavy atom. The van der Waals surface area contributed by atoms with Gasteiger partial charge in [-0.05, 0) is 50.1 Å². The van der Waals surface area contributed by atoms with Crippen molar-refractivity contribution < 1.29 is 19.0 Å². The van der Waals surface area contributed by atoms with Gasteiger partial charge in [-0.2, -0.15) is 0 Å². The van der Waals surface area contributed by atoms with Crippen LogP contribution < -0.4 is 4.74 Å². The number of methoxy groups -OCH3 is 1. The first-order valence-corrected chi connectivity index (χ1v) is 8.59. The van der Waals surface area contributed by atoms with Crippen LogP contribution in [0.4, 0.5) is 4.39 Å². The molecule has 5 nitrogen and oxygen atoms in total. The normalized spacial score (nSPS) is 11.2. The van der Waals surface area contributed by atoms with Crippen molar-refractivity contribution in [1.29, 1.82) is 0 Å². The molecule has 1 aromatic carbocycles. The van der Waals surface area contributed by atoms with Gasteiger partial charge in [-0.25, -0.2) is 14.2 Å². The smallest absolute Gasteiger partial charge is 0.335 e. The summed E-state index contributed by atoms with van der Waals surface area (Å²) in [5, 5.41) is 9.47. The number of nitrogens with zero attached hydrogens (tertiary/aromatic N) is 2. The number of carbonyl (C=O) groups is 1. The van der Waals surface area contributed by atoms with Gasteiger partial charge in [0.15, 0.2) is 0 Å². The molecule has 0 spiro atoms. The monoisotopic (exact) mass is 360 g/mol. The largest absolute Gasteiger partial charge is 0.481 e. The van der Waals surface area contributed by atoms with E-state index < -0.39 is 11.8 Å². The predicted molar refractivity (Wildman–Crippen MR) is 99.1 cm³/mol. The number of aromatic nitrogens is 1. The van der Waals surface area contributed by atoms with Crippen molar-refractivity contribution >= 4 is 5.97 Å². The van der Waals surface area contributed by atoms with Gasteiger partial charge in [0, 0.05) is 24.2 Å². The molecule has 2 aromatic rings. The zero-order valence-corrected chi connectivity index (χ0v) is 15.8. The summed E-state index contributed by atoms with van der Waals surface area (Å²) in [5.74, 6) is -1.15. The summed E-state index contributed by atoms with van der Waals surface area (Å²) >= 11 is 0. The number of rotatable bonds is 7. The molecule has 0 saturated heterocycles. The van der Waals surface area contributed by atoms with Crippen molar-refractivity contribution in [3.63, 3.8) is 0 Å². The fourth-order valence-corrected chi connectivity index (χ4v) is 2.98. The number of hydrogen-bond acceptors (Lipinski definition) is 4. The van der Waals surface area contributed by atoms with Crippen molar-refractivity contribution in [3.05, 3.63) is 46.9 Å². The quantitative estimate of drug-likeness (QED) is 0.804. The van der Waals surface area contributed by atoms with Crippen LogP contribution in [0.5, 0.6) is 5.88 Å². The minimum absolute atomic E-state index is 0.227. The Labute approximate surface area is 153 Å². The fraction of sp³-hybridized carbons (Fsp3) is 0.400. The molecule has 0 radical (unpaired) electrons. The standard InChI is InChI=1S/C20H25FN2O3/c1-6-23(12(2)3)11-14-8-15(20(24)25)13(4)7-16(14)17-9-19(26-5)22-10-18(17)21/h7-10,12H,6,11H2,1-5H3,(H,24,25). The van der Waals surface area contributed by atoms with Crippen LogP contribution in [0.2, 0.25) is 0 Å². The highest BCUT2D eigenvalue weighted by Crippen LogP contribution is 2.32. The van der Waals surface area contributed by atoms with E-state index in [0.717, 1.165) is 18.3 Å². The van der Waals surface area contributed by atoms with Gasteiger partial charge in [-0.3, -0.25) is 4.90 Å². The molecule has 0 aliphatic carbocycles. The average Bonchev–Trinajstić information content (AvgIpc) is 2.60. The van der Waals surface area contributed by atoms with Crippen molar-refractivity contribution in [3.8, 4) is 17.0 Å². The number of benzene rings is 1. The van der Waals surface area contributed by atoms with Crippen molar-refractivity contribution in [2.45, 2.75) is 40.3 Å². The maximum atomic E-state index is 14.5. The molecule has 0 atom stereocenters. The van der Waals surface area contributed by atoms with Gasteiger partial charge in [0.05, 0.1) is 18.9 Å². The van der Waals surface area contributed by atoms with Gasteiger partial charge in [0.1, 0.15) is 5.82 Å². The topological polar surface area (TPSA) is 62.7 Å². The fourth-order valence-electron chi connectivity index (χ4n) is 2.98. The van der Waals surface area contributed by atoms with Gasteiger partial charge >= 0.3 is 5.97 Å². The third kappa shape index (κ3) is 4.19. The molecule has 0 unspecified atom stereocenters. The molecule has 0 aliphatic heterocycles. The maximum Gasteiger partial charge on any atom is 0.335 e. The number of pyridine rings is 1. The minimum Gasteiger partial charge on any atom is -0.481 e. The van der Waals surface area contributed by atoms with Crippen LogP contribution in [0.3, 0.4) is 0 Å². The SMILES string of the molecule is CCN(Cc1cc(C(=O)O)c(C)cc1-c1cc(OC)ncc1F)C(C)C. The lowest BCUT2D eigenvalue weighted by atomic mass is 9.93. The summed E-state index contributed by atoms with van der Waals surface area (Å²) < 4.78 is 19.6. The van der Waals surface area contributed by atoms with Crippen molar-refractivity contribution in [1.82, 2.24) is 9.88 Å². The summed E-state index contributed by atoms with van der Waals surface area (Å²) in [5.41, 5.74) is 2.58. The van der Waals surface area contributed by atoms with Gasteiger partial charge < -0.3 is 9.84 Å². The Morgan fingerprint density at radius 1 is 1.31 bits per heavy atom. The second kappa shape index (κ2) is 8.27. The van der Waals surface area contributed by atoms with E-state index >= 15 is 0 Å². The van der Waals surface area contributed by atoms with Crippen LogP contribution in [-0.2, 0) is 6.54 Å². The number of aryl methyl sites for hydroxylation is 1. The lowest BCUT2D eigenvalue weighted by Crippen LogP contribution is -2.30. The molecule has 2 rings (SSSR count). The van der Waals surface area contributed by atoms with E-state index in [1.54, 1.807) is 25.1 Å². The molecule has 26 heavy (non-hydrogen) atoms. The highest BCUT2D eigenvalue weighted by atomic mass is 19.1. The maximum absolute atomic E-state index is 14.5. The molecule has 0 saturated carbocycles. The Balaban J connectivity index is 2.67. The molecular formula is C20H25FN2O3. The first-order chi connectivity index (χ1) is 12.3. The number of halogens is 1. The van der Waals surface area contributed by atoms with Crippen molar-refractivity contribution in [2.24, 2.45) is 0 Å². The van der Waals surface area contributed by atoms with Gasteiger partial charge in [-0.15, -0.1) is 0 Å². The summed E-state index contributed by atoms with van der Waals surface area (Å²) in [6.07, 6.45) is 1.12. The molecule has 1 N–H and O–H groups in total. The number of ether oxygens (including phenoxy) is 1. The van der Waals surface area contributed by atoms with E-state index in [0.29, 0.717) is 29.1 Å². The molecular weight excluding hydrogens is 335 g/mol. The predicted octanol–water partition coefficient (Wildman–Crippen LogP) is 4.13. The lowest BCUT2D eigenvalue weighted by Gasteiger charge is -2.26. The molecule has 0 aliphatic rings. The number of hydrogen-bond donors (Lipinski definition) is 1. The molecule has 0 bridgehead atoms. The Kier molecular flexibility index (Phi) is 6.32. The molecule has 0 amide bonds. The first-order valence-electron chi connectivity index (χ1n) is 8.59. The van der Waals surface area contributed by atoms with E-state index in [-0.39, 0.29) is 11.6 Å². The average molecular weight is 360 g/mol. The highest BCUT2D eigenvalue weighted by molar-refractivity contribution is 5.91. The second-order valence-electron chi connectivity index (χ2n) is 6.49. The second-order valence-corrected chi connectivity index (χ2v) is 6.49. The number of carboxylic acid groups (broad SMARTS) is 1. The van der Waals surface area contributed by atoms with Crippen LogP contribution in [0.25, 0.3) is 11.1 Å². The first kappa shape index (κ1) is 19.8. The highest BCUT2D eigenvalue weighted by Gasteiger charge is 2.19. The van der Waals surface area contributed by atoms with Crippen LogP contribution >= 0.6 is 0 Å². The molecule has 140 valence electrons. The Morgan fingerprint density at radius 3 is 2.54 bits per heavy atom. The van der Waals surface area contributed by atoms with Crippen LogP contribution in [-0.4, -0.2) is 40.7 Å². The summed E-state index contributed by atoms with van der Waals surface area (Å²) in [6.45, 7) is 9.23. The molecule has 6 heteroatoms. The lowest BCUT2D eigenvalue weighted by molar-refractivity contribution is 0.0696. The third-order valence-electron chi connectivity index (χ3n) is 4.52. The van der Waals surface area contributed by atoms with E-state index in [2.05, 4.69) is 23.7 Å². The van der Waals surface area contributed by atoms with E-state index in [9.17, 15) is 14.3 Å². The molecule has 1 aromatic heterocycles. The number of aromatic carboxylic acids is 1. The van der Waals surface area contributed by atoms with Crippen molar-refractivity contribution in [2.75, 3.05) is 13.7 Å². The van der Waals surface area contributed by atoms with Crippen LogP contribution in [0, 0.1) is 12.7 Å². The molecule has 0 fully saturated rings. The Hall–Kier alpha value is -2.47. The van der Waals surface area contributed by atoms with Gasteiger partial charge in [0.25, 0.3) is 0 Å². The van der Waals surface area contributed by atoms with Gasteiger partial charge in [0.2, 0.25) is 5.88 Å². The number of carboxylic acids is 1. The minimum atomic E-state index is -0.990. The van der Waals surface area contributed by atoms with E-state index in [4.69, 9.17) is 4.74 Å². The van der Waals surface area contributed by atoms with E-state index in [1.807, 2.05) is 6.92 Å². The third-order valence-corrected chi connectivity index (χ3v) is 4.52. The van der Waals surface area contributed by atoms with Crippen LogP contribution in [0.15, 0.2) is 24.4 Å². The zero-order valence-electron chi connectivity index (χ0n) is 15.8. The Bertz CT molecular complexity index is 806. The summed E-state index contributed by atoms with van der Waals surface area (Å²) in [4.78, 5) is 17.6. The summed E-state index contributed by atoms with van der Waals surface area (Å²) in [7, 11) is 1.47. The van der Waals surface area contributed by atoms with Gasteiger partial charge in [-0.1, -0.05) is 13.0 Å². The van der Waals surface area contributed by atoms with Crippen LogP contribution in [0.1, 0.15) is 42.3 Å². The molecule has 1 heterocycles. The summed E-state index contributed by atoms with van der Waals surface area (Å²) in [6, 6.07) is 5.19.